The molecule has 0 bridgehead atoms. The summed E-state index contributed by atoms with van der Waals surface area (Å²) >= 11 is 1.83. The minimum Gasteiger partial charge on any atom is -0.338 e. The monoisotopic (exact) mass is 139 g/mol. The molecule has 0 aromatic heterocycles. The molecule has 0 unspecified atom stereocenters. The second-order valence-electron chi connectivity index (χ2n) is 2.28. The van der Waals surface area contributed by atoms with Crippen LogP contribution in [0.25, 0.3) is 0 Å². The van der Waals surface area contributed by atoms with E-state index in [-0.39, 0.29) is 0 Å². The minimum absolute atomic E-state index is 0.631. The molecule has 1 rings (SSSR count). The van der Waals surface area contributed by atoms with E-state index in [1.807, 2.05) is 17.0 Å². The molecule has 0 atom stereocenters. The Morgan fingerprint density at radius 2 is 2.44 bits per heavy atom. The summed E-state index contributed by atoms with van der Waals surface area (Å²) in [5.74, 6) is 0. The van der Waals surface area contributed by atoms with Gasteiger partial charge in [-0.1, -0.05) is 0 Å². The first kappa shape index (κ1) is 7.01. The quantitative estimate of drug-likeness (QED) is 0.399. The van der Waals surface area contributed by atoms with Gasteiger partial charge in [0, 0.05) is 5.41 Å². The lowest BCUT2D eigenvalue weighted by molar-refractivity contribution is 0.656. The largest absolute Gasteiger partial charge is 0.338 e. The fourth-order valence-corrected chi connectivity index (χ4v) is 1.51. The van der Waals surface area contributed by atoms with Gasteiger partial charge < -0.3 is 4.81 Å². The maximum Gasteiger partial charge on any atom is 0.301 e. The molecule has 1 aliphatic rings. The van der Waals surface area contributed by atoms with Gasteiger partial charge >= 0.3 is 6.13 Å². The fraction of sp³-hybridized carbons (Fsp3) is 0.500. The molecule has 9 heavy (non-hydrogen) atoms. The predicted octanol–water partition coefficient (Wildman–Crippen LogP) is 1.45. The average molecular weight is 139 g/mol. The van der Waals surface area contributed by atoms with Crippen molar-refractivity contribution in [3.63, 3.8) is 0 Å². The van der Waals surface area contributed by atoms with Gasteiger partial charge in [-0.15, -0.1) is 5.73 Å². The zero-order chi connectivity index (χ0) is 6.69. The van der Waals surface area contributed by atoms with Crippen LogP contribution in [0.15, 0.2) is 17.2 Å². The maximum atomic E-state index is 3.06. The Morgan fingerprint density at radius 3 is 2.78 bits per heavy atom. The summed E-state index contributed by atoms with van der Waals surface area (Å²) < 4.78 is 0. The first-order chi connectivity index (χ1) is 4.30. The molecule has 0 saturated carbocycles. The van der Waals surface area contributed by atoms with Crippen molar-refractivity contribution in [2.75, 3.05) is 14.1 Å². The number of allylic oxidation sites excluding steroid dienone is 1. The van der Waals surface area contributed by atoms with Crippen LogP contribution >= 0.6 is 11.6 Å². The molecule has 1 nitrogen and oxygen atoms in total. The van der Waals surface area contributed by atoms with E-state index >= 15 is 0 Å². The summed E-state index contributed by atoms with van der Waals surface area (Å²) in [6.07, 6.45) is 3.83. The molecule has 1 heterocycles. The Kier molecular flexibility index (Phi) is 2.46. The first-order valence-corrected chi connectivity index (χ1v) is 3.96. The van der Waals surface area contributed by atoms with Crippen LogP contribution in [0, 0.1) is 0 Å². The summed E-state index contributed by atoms with van der Waals surface area (Å²) in [5.41, 5.74) is 3.06. The van der Waals surface area contributed by atoms with Gasteiger partial charge in [-0.05, 0) is 26.5 Å². The third-order valence-corrected chi connectivity index (χ3v) is 2.51. The molecule has 3 heteroatoms. The Morgan fingerprint density at radius 1 is 1.67 bits per heavy atom. The van der Waals surface area contributed by atoms with Crippen LogP contribution in [-0.2, 0) is 0 Å². The Bertz CT molecular complexity index is 139. The molecule has 0 aromatic rings. The van der Waals surface area contributed by atoms with Gasteiger partial charge in [0.05, 0.1) is 0 Å². The second-order valence-corrected chi connectivity index (χ2v) is 3.33. The van der Waals surface area contributed by atoms with Crippen molar-refractivity contribution in [1.29, 1.82) is 0 Å². The average Bonchev–Trinajstić information content (AvgIpc) is 1.90. The van der Waals surface area contributed by atoms with E-state index in [0.717, 1.165) is 6.32 Å². The van der Waals surface area contributed by atoms with E-state index in [2.05, 4.69) is 30.7 Å². The summed E-state index contributed by atoms with van der Waals surface area (Å²) in [6, 6.07) is 0. The lowest BCUT2D eigenvalue weighted by Crippen LogP contribution is -2.28. The summed E-state index contributed by atoms with van der Waals surface area (Å²) in [6.45, 7) is 0. The second kappa shape index (κ2) is 3.16. The van der Waals surface area contributed by atoms with Gasteiger partial charge in [0.15, 0.2) is 0 Å². The molecule has 0 aliphatic carbocycles. The van der Waals surface area contributed by atoms with Crippen LogP contribution < -0.4 is 0 Å². The first-order valence-electron chi connectivity index (χ1n) is 3.02. The normalized spacial score (nSPS) is 17.4. The Labute approximate surface area is 60.8 Å². The van der Waals surface area contributed by atoms with E-state index in [1.54, 1.807) is 0 Å². The summed E-state index contributed by atoms with van der Waals surface area (Å²) in [7, 11) is 4.20. The highest BCUT2D eigenvalue weighted by atomic mass is 32.2. The lowest BCUT2D eigenvalue weighted by Gasteiger charge is -2.17. The van der Waals surface area contributed by atoms with Crippen molar-refractivity contribution in [3.05, 3.63) is 17.2 Å². The Hall–Kier alpha value is -0.105. The molecule has 0 radical (unpaired) electrons. The molecular formula is C6H10BNS. The molecule has 48 valence electrons. The van der Waals surface area contributed by atoms with Crippen LogP contribution in [0.2, 0.25) is 6.32 Å². The van der Waals surface area contributed by atoms with Gasteiger partial charge in [-0.25, -0.2) is 0 Å². The maximum absolute atomic E-state index is 3.06. The lowest BCUT2D eigenvalue weighted by atomic mass is 9.85. The number of hydrogen-bond donors (Lipinski definition) is 0. The van der Waals surface area contributed by atoms with Crippen molar-refractivity contribution in [3.8, 4) is 0 Å². The fourth-order valence-electron chi connectivity index (χ4n) is 0.723. The van der Waals surface area contributed by atoms with E-state index in [4.69, 9.17) is 0 Å². The molecule has 0 fully saturated rings. The van der Waals surface area contributed by atoms with Crippen LogP contribution in [0.5, 0.6) is 0 Å². The Balaban J connectivity index is 2.42. The van der Waals surface area contributed by atoms with Crippen molar-refractivity contribution in [1.82, 2.24) is 4.81 Å². The number of rotatable bonds is 1. The van der Waals surface area contributed by atoms with Crippen molar-refractivity contribution in [2.24, 2.45) is 0 Å². The molecule has 0 spiro atoms. The van der Waals surface area contributed by atoms with E-state index in [0.29, 0.717) is 6.13 Å². The smallest absolute Gasteiger partial charge is 0.301 e. The molecule has 0 saturated heterocycles. The standard InChI is InChI=1S/C6H10BNS/c1-8(2)7-5-3-4-6-9-7/h3,6H,5H2,1-2H3. The molecule has 0 amide bonds. The van der Waals surface area contributed by atoms with Gasteiger partial charge in [-0.2, -0.15) is 11.6 Å². The highest BCUT2D eigenvalue weighted by molar-refractivity contribution is 8.27. The van der Waals surface area contributed by atoms with Gasteiger partial charge in [-0.3, -0.25) is 0 Å². The van der Waals surface area contributed by atoms with Crippen LogP contribution in [0.3, 0.4) is 0 Å². The highest BCUT2D eigenvalue weighted by Gasteiger charge is 2.15. The topological polar surface area (TPSA) is 3.24 Å². The van der Waals surface area contributed by atoms with Crippen molar-refractivity contribution in [2.45, 2.75) is 6.32 Å². The molecular weight excluding hydrogens is 129 g/mol. The van der Waals surface area contributed by atoms with Crippen LogP contribution in [0.1, 0.15) is 0 Å². The number of nitrogens with zero attached hydrogens (tertiary/aromatic N) is 1. The van der Waals surface area contributed by atoms with E-state index in [1.165, 1.54) is 0 Å². The predicted molar refractivity (Wildman–Crippen MR) is 44.5 cm³/mol. The third-order valence-electron chi connectivity index (χ3n) is 1.31. The number of hydrogen-bond acceptors (Lipinski definition) is 2. The SMILES string of the molecule is CN(C)B1CC=C=CS1. The summed E-state index contributed by atoms with van der Waals surface area (Å²) in [5, 5.41) is 2.02. The molecule has 0 N–H and O–H groups in total. The van der Waals surface area contributed by atoms with Gasteiger partial charge in [0.25, 0.3) is 0 Å². The van der Waals surface area contributed by atoms with Crippen LogP contribution in [-0.4, -0.2) is 25.0 Å². The minimum atomic E-state index is 0.631. The van der Waals surface area contributed by atoms with Crippen molar-refractivity contribution < 1.29 is 0 Å². The third kappa shape index (κ3) is 1.94. The van der Waals surface area contributed by atoms with E-state index < -0.39 is 0 Å². The zero-order valence-corrected chi connectivity index (χ0v) is 6.61. The zero-order valence-electron chi connectivity index (χ0n) is 5.79. The van der Waals surface area contributed by atoms with Gasteiger partial charge in [0.2, 0.25) is 0 Å². The van der Waals surface area contributed by atoms with Gasteiger partial charge in [0.1, 0.15) is 0 Å². The van der Waals surface area contributed by atoms with Crippen LogP contribution in [0.4, 0.5) is 0 Å². The molecule has 1 aliphatic heterocycles. The van der Waals surface area contributed by atoms with E-state index in [9.17, 15) is 0 Å². The molecule has 0 aromatic carbocycles. The highest BCUT2D eigenvalue weighted by Crippen LogP contribution is 2.17. The van der Waals surface area contributed by atoms with Crippen molar-refractivity contribution >= 4 is 17.7 Å². The summed E-state index contributed by atoms with van der Waals surface area (Å²) in [4.78, 5) is 2.22.